The Kier molecular flexibility index (Phi) is 7.03. The second-order valence-corrected chi connectivity index (χ2v) is 11.3. The third-order valence-electron chi connectivity index (χ3n) is 6.22. The highest BCUT2D eigenvalue weighted by molar-refractivity contribution is 7.92. The average molecular weight is 577 g/mol. The summed E-state index contributed by atoms with van der Waals surface area (Å²) in [5.41, 5.74) is 1.98. The maximum Gasteiger partial charge on any atom is 0.326 e. The molecule has 1 N–H and O–H groups in total. The fourth-order valence-electron chi connectivity index (χ4n) is 4.38. The van der Waals surface area contributed by atoms with Crippen molar-refractivity contribution in [2.75, 3.05) is 47.4 Å². The van der Waals surface area contributed by atoms with E-state index in [0.717, 1.165) is 15.6 Å². The van der Waals surface area contributed by atoms with Crippen LogP contribution in [-0.2, 0) is 26.0 Å². The van der Waals surface area contributed by atoms with Gasteiger partial charge in [-0.05, 0) is 60.5 Å². The summed E-state index contributed by atoms with van der Waals surface area (Å²) in [6, 6.07) is 12.4. The van der Waals surface area contributed by atoms with Crippen LogP contribution in [0.5, 0.6) is 0 Å². The quantitative estimate of drug-likeness (QED) is 0.424. The molecule has 5 rings (SSSR count). The molecule has 38 heavy (non-hydrogen) atoms. The van der Waals surface area contributed by atoms with Crippen molar-refractivity contribution in [1.29, 1.82) is 0 Å². The topological polar surface area (TPSA) is 125 Å². The number of hydrogen-bond acceptors (Lipinski definition) is 8. The Bertz CT molecular complexity index is 1500. The number of nitrogens with one attached hydrogen (secondary N) is 1. The van der Waals surface area contributed by atoms with Gasteiger partial charge >= 0.3 is 12.0 Å². The molecular formula is C24H22Cl2N6O5S. The van der Waals surface area contributed by atoms with Crippen molar-refractivity contribution in [2.45, 2.75) is 11.3 Å². The second-order valence-electron chi connectivity index (χ2n) is 8.54. The molecule has 14 heteroatoms. The predicted molar refractivity (Wildman–Crippen MR) is 143 cm³/mol. The number of urea groups is 1. The lowest BCUT2D eigenvalue weighted by Gasteiger charge is -2.25. The van der Waals surface area contributed by atoms with Crippen molar-refractivity contribution in [3.8, 4) is 0 Å². The van der Waals surface area contributed by atoms with Crippen molar-refractivity contribution < 1.29 is 22.7 Å². The normalized spacial score (nSPS) is 14.9. The van der Waals surface area contributed by atoms with Crippen molar-refractivity contribution in [1.82, 2.24) is 15.5 Å². The lowest BCUT2D eigenvalue weighted by molar-refractivity contribution is -0.138. The first-order valence-corrected chi connectivity index (χ1v) is 13.7. The third kappa shape index (κ3) is 4.94. The number of rotatable bonds is 7. The highest BCUT2D eigenvalue weighted by Gasteiger charge is 2.31. The summed E-state index contributed by atoms with van der Waals surface area (Å²) in [7, 11) is -3.03. The lowest BCUT2D eigenvalue weighted by atomic mass is 10.1. The largest absolute Gasteiger partial charge is 0.468 e. The van der Waals surface area contributed by atoms with Crippen LogP contribution in [0.3, 0.4) is 0 Å². The van der Waals surface area contributed by atoms with E-state index in [0.29, 0.717) is 37.7 Å². The number of sulfonamides is 1. The first-order valence-electron chi connectivity index (χ1n) is 11.5. The van der Waals surface area contributed by atoms with Crippen LogP contribution in [0.25, 0.3) is 0 Å². The number of aromatic nitrogens is 2. The van der Waals surface area contributed by atoms with E-state index in [4.69, 9.17) is 27.9 Å². The summed E-state index contributed by atoms with van der Waals surface area (Å²) >= 11 is 12.1. The Balaban J connectivity index is 1.46. The monoisotopic (exact) mass is 576 g/mol. The van der Waals surface area contributed by atoms with Crippen LogP contribution >= 0.6 is 23.2 Å². The Morgan fingerprint density at radius 2 is 1.71 bits per heavy atom. The van der Waals surface area contributed by atoms with Gasteiger partial charge in [-0.1, -0.05) is 23.2 Å². The van der Waals surface area contributed by atoms with E-state index in [1.165, 1.54) is 30.2 Å². The lowest BCUT2D eigenvalue weighted by Crippen LogP contribution is -2.36. The molecule has 0 saturated carbocycles. The van der Waals surface area contributed by atoms with Crippen LogP contribution in [0.2, 0.25) is 10.0 Å². The van der Waals surface area contributed by atoms with Gasteiger partial charge < -0.3 is 15.0 Å². The van der Waals surface area contributed by atoms with Gasteiger partial charge in [0.2, 0.25) is 0 Å². The molecule has 0 aliphatic carbocycles. The summed E-state index contributed by atoms with van der Waals surface area (Å²) in [4.78, 5) is 27.4. The van der Waals surface area contributed by atoms with E-state index in [9.17, 15) is 18.0 Å². The molecule has 0 radical (unpaired) electrons. The van der Waals surface area contributed by atoms with Gasteiger partial charge in [0.25, 0.3) is 10.0 Å². The number of carbonyl (C=O) groups excluding carboxylic acids is 2. The Morgan fingerprint density at radius 1 is 1.03 bits per heavy atom. The van der Waals surface area contributed by atoms with Crippen molar-refractivity contribution >= 4 is 68.2 Å². The van der Waals surface area contributed by atoms with E-state index in [1.54, 1.807) is 30.3 Å². The Labute approximate surface area is 228 Å². The fourth-order valence-corrected chi connectivity index (χ4v) is 6.51. The minimum absolute atomic E-state index is 0.149. The molecule has 198 valence electrons. The van der Waals surface area contributed by atoms with Crippen LogP contribution in [0, 0.1) is 0 Å². The summed E-state index contributed by atoms with van der Waals surface area (Å²) < 4.78 is 32.9. The molecular weight excluding hydrogens is 555 g/mol. The molecule has 0 unspecified atom stereocenters. The molecule has 1 aromatic heterocycles. The standard InChI is InChI=1S/C24H22Cl2N6O5S/c1-37-23(33)14-32(38(35,36)19-12-16(25)11-17(26)13-19)18-2-3-20-15(10-18)6-8-30(20)21-4-5-22(29-28-21)31-9-7-27-24(31)34/h2-5,10-13H,6-9,14H2,1H3,(H,27,34). The van der Waals surface area contributed by atoms with E-state index in [-0.39, 0.29) is 26.7 Å². The van der Waals surface area contributed by atoms with Crippen molar-refractivity contribution in [3.63, 3.8) is 0 Å². The predicted octanol–water partition coefficient (Wildman–Crippen LogP) is 3.38. The maximum absolute atomic E-state index is 13.6. The van der Waals surface area contributed by atoms with Gasteiger partial charge in [0.05, 0.1) is 17.7 Å². The van der Waals surface area contributed by atoms with E-state index in [2.05, 4.69) is 15.5 Å². The van der Waals surface area contributed by atoms with E-state index < -0.39 is 22.5 Å². The van der Waals surface area contributed by atoms with E-state index >= 15 is 0 Å². The molecule has 0 spiro atoms. The number of ether oxygens (including phenoxy) is 1. The summed E-state index contributed by atoms with van der Waals surface area (Å²) in [5.74, 6) is 0.321. The molecule has 1 saturated heterocycles. The van der Waals surface area contributed by atoms with Gasteiger partial charge in [-0.3, -0.25) is 14.0 Å². The number of esters is 1. The van der Waals surface area contributed by atoms with Gasteiger partial charge in [-0.2, -0.15) is 0 Å². The van der Waals surface area contributed by atoms with E-state index in [1.807, 2.05) is 4.90 Å². The SMILES string of the molecule is COC(=O)CN(c1ccc2c(c1)CCN2c1ccc(N2CCNC2=O)nn1)S(=O)(=O)c1cc(Cl)cc(Cl)c1. The number of fused-ring (bicyclic) bond motifs is 1. The zero-order chi connectivity index (χ0) is 27.0. The molecule has 2 aliphatic rings. The first-order chi connectivity index (χ1) is 18.2. The average Bonchev–Trinajstić information content (AvgIpc) is 3.52. The molecule has 2 amide bonds. The van der Waals surface area contributed by atoms with Crippen LogP contribution in [0.1, 0.15) is 5.56 Å². The number of benzene rings is 2. The van der Waals surface area contributed by atoms with Gasteiger partial charge in [0, 0.05) is 35.4 Å². The molecule has 2 aliphatic heterocycles. The number of methoxy groups -OCH3 is 1. The highest BCUT2D eigenvalue weighted by atomic mass is 35.5. The molecule has 0 atom stereocenters. The number of nitrogens with zero attached hydrogens (tertiary/aromatic N) is 5. The number of hydrogen-bond donors (Lipinski definition) is 1. The van der Waals surface area contributed by atoms with Crippen LogP contribution in [0.15, 0.2) is 53.4 Å². The minimum atomic E-state index is -4.21. The highest BCUT2D eigenvalue weighted by Crippen LogP contribution is 2.37. The minimum Gasteiger partial charge on any atom is -0.468 e. The Morgan fingerprint density at radius 3 is 2.32 bits per heavy atom. The van der Waals surface area contributed by atoms with Gasteiger partial charge in [-0.15, -0.1) is 10.2 Å². The second kappa shape index (κ2) is 10.3. The Hall–Kier alpha value is -3.61. The maximum atomic E-state index is 13.6. The van der Waals surface area contributed by atoms with Gasteiger partial charge in [-0.25, -0.2) is 13.2 Å². The molecule has 0 bridgehead atoms. The number of halogens is 2. The summed E-state index contributed by atoms with van der Waals surface area (Å²) in [5, 5.41) is 11.5. The molecule has 11 nitrogen and oxygen atoms in total. The molecule has 2 aromatic carbocycles. The number of carbonyl (C=O) groups is 2. The van der Waals surface area contributed by atoms with Crippen LogP contribution < -0.4 is 19.4 Å². The molecule has 1 fully saturated rings. The van der Waals surface area contributed by atoms with Crippen molar-refractivity contribution in [3.05, 3.63) is 64.1 Å². The fraction of sp³-hybridized carbons (Fsp3) is 0.250. The smallest absolute Gasteiger partial charge is 0.326 e. The van der Waals surface area contributed by atoms with Crippen LogP contribution in [-0.4, -0.2) is 63.9 Å². The van der Waals surface area contributed by atoms with Gasteiger partial charge in [0.1, 0.15) is 6.54 Å². The zero-order valence-electron chi connectivity index (χ0n) is 20.1. The zero-order valence-corrected chi connectivity index (χ0v) is 22.4. The number of anilines is 4. The third-order valence-corrected chi connectivity index (χ3v) is 8.41. The summed E-state index contributed by atoms with van der Waals surface area (Å²) in [6.45, 7) is 1.12. The van der Waals surface area contributed by atoms with Crippen molar-refractivity contribution in [2.24, 2.45) is 0 Å². The molecule has 3 aromatic rings. The van der Waals surface area contributed by atoms with Gasteiger partial charge in [0.15, 0.2) is 11.6 Å². The number of amides is 2. The van der Waals surface area contributed by atoms with Crippen LogP contribution in [0.4, 0.5) is 27.8 Å². The molecule has 3 heterocycles. The summed E-state index contributed by atoms with van der Waals surface area (Å²) in [6.07, 6.45) is 0.607. The first kappa shape index (κ1) is 26.0.